The molecule has 1 heterocycles. The number of halogens is 1. The van der Waals surface area contributed by atoms with E-state index in [-0.39, 0.29) is 6.29 Å². The first-order valence-corrected chi connectivity index (χ1v) is 7.00. The van der Waals surface area contributed by atoms with Crippen molar-refractivity contribution in [3.63, 3.8) is 0 Å². The van der Waals surface area contributed by atoms with Crippen molar-refractivity contribution in [2.45, 2.75) is 25.6 Å². The maximum absolute atomic E-state index is 5.52. The van der Waals surface area contributed by atoms with Gasteiger partial charge in [0.1, 0.15) is 0 Å². The van der Waals surface area contributed by atoms with Crippen LogP contribution in [0.4, 0.5) is 0 Å². The van der Waals surface area contributed by atoms with Gasteiger partial charge in [0.15, 0.2) is 6.29 Å². The van der Waals surface area contributed by atoms with Gasteiger partial charge in [-0.15, -0.1) is 0 Å². The summed E-state index contributed by atoms with van der Waals surface area (Å²) >= 11 is 3.29. The molecule has 1 aliphatic rings. The molecule has 1 unspecified atom stereocenters. The lowest BCUT2D eigenvalue weighted by Crippen LogP contribution is -2.24. The molecule has 16 heavy (non-hydrogen) atoms. The smallest absolute Gasteiger partial charge is 0.157 e. The Morgan fingerprint density at radius 2 is 1.75 bits per heavy atom. The molecule has 0 aliphatic carbocycles. The minimum Gasteiger partial charge on any atom is -0.378 e. The van der Waals surface area contributed by atoms with E-state index in [9.17, 15) is 0 Å². The summed E-state index contributed by atoms with van der Waals surface area (Å²) in [5.41, 5.74) is 0. The molecule has 0 bridgehead atoms. The molecule has 0 spiro atoms. The molecule has 0 aromatic rings. The van der Waals surface area contributed by atoms with E-state index >= 15 is 0 Å². The van der Waals surface area contributed by atoms with Gasteiger partial charge in [-0.2, -0.15) is 0 Å². The molecule has 0 amide bonds. The van der Waals surface area contributed by atoms with E-state index in [2.05, 4.69) is 15.9 Å². The van der Waals surface area contributed by atoms with E-state index in [4.69, 9.17) is 18.9 Å². The molecule has 0 N–H and O–H groups in total. The molecule has 1 rings (SSSR count). The first-order chi connectivity index (χ1) is 7.93. The molecule has 4 nitrogen and oxygen atoms in total. The van der Waals surface area contributed by atoms with Crippen LogP contribution >= 0.6 is 15.9 Å². The van der Waals surface area contributed by atoms with Gasteiger partial charge < -0.3 is 18.9 Å². The van der Waals surface area contributed by atoms with Crippen molar-refractivity contribution in [3.8, 4) is 0 Å². The Bertz CT molecular complexity index is 151. The quantitative estimate of drug-likeness (QED) is 0.481. The van der Waals surface area contributed by atoms with Crippen LogP contribution < -0.4 is 0 Å². The van der Waals surface area contributed by atoms with E-state index in [1.807, 2.05) is 0 Å². The van der Waals surface area contributed by atoms with Crippen LogP contribution in [0.3, 0.4) is 0 Å². The summed E-state index contributed by atoms with van der Waals surface area (Å²) in [6.07, 6.45) is 3.35. The zero-order valence-corrected chi connectivity index (χ0v) is 11.2. The third-order valence-corrected chi connectivity index (χ3v) is 2.59. The second-order valence-electron chi connectivity index (χ2n) is 3.58. The summed E-state index contributed by atoms with van der Waals surface area (Å²) in [7, 11) is 0. The molecule has 0 aromatic heterocycles. The lowest BCUT2D eigenvalue weighted by molar-refractivity contribution is -0.169. The van der Waals surface area contributed by atoms with Crippen LogP contribution in [0.1, 0.15) is 19.3 Å². The van der Waals surface area contributed by atoms with Gasteiger partial charge in [0.05, 0.1) is 33.0 Å². The minimum absolute atomic E-state index is 0.0120. The third-order valence-electron chi connectivity index (χ3n) is 2.26. The van der Waals surface area contributed by atoms with E-state index in [1.165, 1.54) is 6.42 Å². The maximum atomic E-state index is 5.52. The van der Waals surface area contributed by atoms with Gasteiger partial charge >= 0.3 is 0 Å². The lowest BCUT2D eigenvalue weighted by atomic mass is 10.2. The van der Waals surface area contributed by atoms with Crippen LogP contribution in [-0.2, 0) is 18.9 Å². The van der Waals surface area contributed by atoms with E-state index in [0.717, 1.165) is 31.4 Å². The van der Waals surface area contributed by atoms with Crippen LogP contribution in [0.2, 0.25) is 0 Å². The zero-order valence-electron chi connectivity index (χ0n) is 9.66. The lowest BCUT2D eigenvalue weighted by Gasteiger charge is -2.22. The average Bonchev–Trinajstić information content (AvgIpc) is 2.34. The summed E-state index contributed by atoms with van der Waals surface area (Å²) < 4.78 is 21.5. The monoisotopic (exact) mass is 296 g/mol. The van der Waals surface area contributed by atoms with Crippen molar-refractivity contribution < 1.29 is 18.9 Å². The van der Waals surface area contributed by atoms with Crippen molar-refractivity contribution in [1.82, 2.24) is 0 Å². The Morgan fingerprint density at radius 1 is 1.00 bits per heavy atom. The topological polar surface area (TPSA) is 36.9 Å². The molecule has 0 aromatic carbocycles. The maximum Gasteiger partial charge on any atom is 0.157 e. The molecule has 96 valence electrons. The minimum atomic E-state index is -0.0120. The summed E-state index contributed by atoms with van der Waals surface area (Å²) in [5, 5.41) is 0.870. The fourth-order valence-corrected chi connectivity index (χ4v) is 1.69. The highest BCUT2D eigenvalue weighted by atomic mass is 79.9. The largest absolute Gasteiger partial charge is 0.378 e. The van der Waals surface area contributed by atoms with Gasteiger partial charge in [0, 0.05) is 11.9 Å². The molecule has 1 aliphatic heterocycles. The molecular formula is C11H21BrO4. The Morgan fingerprint density at radius 3 is 2.44 bits per heavy atom. The second-order valence-corrected chi connectivity index (χ2v) is 4.37. The van der Waals surface area contributed by atoms with E-state index in [0.29, 0.717) is 26.4 Å². The summed E-state index contributed by atoms with van der Waals surface area (Å²) in [6.45, 7) is 4.04. The number of ether oxygens (including phenoxy) is 4. The Kier molecular flexibility index (Phi) is 9.41. The summed E-state index contributed by atoms with van der Waals surface area (Å²) in [6, 6.07) is 0. The molecule has 1 atom stereocenters. The summed E-state index contributed by atoms with van der Waals surface area (Å²) in [4.78, 5) is 0. The second kappa shape index (κ2) is 10.5. The number of hydrogen-bond acceptors (Lipinski definition) is 4. The van der Waals surface area contributed by atoms with Gasteiger partial charge in [0.2, 0.25) is 0 Å². The average molecular weight is 297 g/mol. The number of rotatable bonds is 9. The predicted octanol–water partition coefficient (Wildman–Crippen LogP) is 1.96. The fourth-order valence-electron chi connectivity index (χ4n) is 1.46. The molecule has 0 radical (unpaired) electrons. The highest BCUT2D eigenvalue weighted by molar-refractivity contribution is 9.09. The van der Waals surface area contributed by atoms with Gasteiger partial charge in [-0.05, 0) is 19.3 Å². The first-order valence-electron chi connectivity index (χ1n) is 5.88. The fraction of sp³-hybridized carbons (Fsp3) is 1.00. The molecular weight excluding hydrogens is 276 g/mol. The Balaban J connectivity index is 1.77. The Hall–Kier alpha value is 0.320. The molecule has 1 saturated heterocycles. The Labute approximate surface area is 106 Å². The van der Waals surface area contributed by atoms with Gasteiger partial charge in [0.25, 0.3) is 0 Å². The van der Waals surface area contributed by atoms with E-state index < -0.39 is 0 Å². The molecule has 0 saturated carbocycles. The van der Waals surface area contributed by atoms with Gasteiger partial charge in [-0.25, -0.2) is 0 Å². The predicted molar refractivity (Wildman–Crippen MR) is 65.0 cm³/mol. The standard InChI is InChI=1S/C11H21BrO4/c12-4-6-13-7-8-14-9-10-16-11-3-1-2-5-15-11/h11H,1-10H2. The van der Waals surface area contributed by atoms with Crippen molar-refractivity contribution in [1.29, 1.82) is 0 Å². The normalized spacial score (nSPS) is 21.2. The van der Waals surface area contributed by atoms with Crippen LogP contribution in [0.25, 0.3) is 0 Å². The number of hydrogen-bond donors (Lipinski definition) is 0. The van der Waals surface area contributed by atoms with Gasteiger partial charge in [-0.1, -0.05) is 15.9 Å². The van der Waals surface area contributed by atoms with Crippen molar-refractivity contribution in [2.75, 3.05) is 45.0 Å². The SMILES string of the molecule is BrCCOCCOCCOC1CCCCO1. The molecule has 1 fully saturated rings. The van der Waals surface area contributed by atoms with Crippen molar-refractivity contribution >= 4 is 15.9 Å². The van der Waals surface area contributed by atoms with Crippen molar-refractivity contribution in [2.24, 2.45) is 0 Å². The highest BCUT2D eigenvalue weighted by Crippen LogP contribution is 2.13. The van der Waals surface area contributed by atoms with Crippen LogP contribution in [0.5, 0.6) is 0 Å². The van der Waals surface area contributed by atoms with Gasteiger partial charge in [-0.3, -0.25) is 0 Å². The number of alkyl halides is 1. The van der Waals surface area contributed by atoms with E-state index in [1.54, 1.807) is 0 Å². The van der Waals surface area contributed by atoms with Crippen LogP contribution in [0.15, 0.2) is 0 Å². The molecule has 5 heteroatoms. The highest BCUT2D eigenvalue weighted by Gasteiger charge is 2.13. The third kappa shape index (κ3) is 7.57. The first kappa shape index (κ1) is 14.4. The van der Waals surface area contributed by atoms with Crippen LogP contribution in [0, 0.1) is 0 Å². The zero-order chi connectivity index (χ0) is 11.5. The van der Waals surface area contributed by atoms with Crippen LogP contribution in [-0.4, -0.2) is 51.3 Å². The summed E-state index contributed by atoms with van der Waals surface area (Å²) in [5.74, 6) is 0. The van der Waals surface area contributed by atoms with Crippen molar-refractivity contribution in [3.05, 3.63) is 0 Å².